The van der Waals surface area contributed by atoms with E-state index in [1.54, 1.807) is 0 Å². The Balaban J connectivity index is 3.16. The SMILES string of the molecule is O=[N+]([O-])c1cc(F)c(OC(F)(F)F)cc1Br. The quantitative estimate of drug-likeness (QED) is 0.478. The van der Waals surface area contributed by atoms with Crippen molar-refractivity contribution >= 4 is 21.6 Å². The summed E-state index contributed by atoms with van der Waals surface area (Å²) >= 11 is 2.63. The first-order chi connectivity index (χ1) is 7.20. The third kappa shape index (κ3) is 3.05. The molecule has 0 saturated heterocycles. The number of nitro groups is 1. The molecule has 4 nitrogen and oxygen atoms in total. The number of ether oxygens (including phenoxy) is 1. The van der Waals surface area contributed by atoms with Gasteiger partial charge in [0.2, 0.25) is 0 Å². The molecule has 0 aliphatic heterocycles. The summed E-state index contributed by atoms with van der Waals surface area (Å²) in [6.07, 6.45) is -5.06. The number of halogens is 5. The van der Waals surface area contributed by atoms with Gasteiger partial charge in [-0.05, 0) is 15.9 Å². The average Bonchev–Trinajstić information content (AvgIpc) is 2.07. The maximum atomic E-state index is 13.0. The second kappa shape index (κ2) is 4.24. The van der Waals surface area contributed by atoms with Crippen LogP contribution in [0, 0.1) is 15.9 Å². The Kier molecular flexibility index (Phi) is 3.36. The van der Waals surface area contributed by atoms with Gasteiger partial charge >= 0.3 is 6.36 Å². The molecule has 1 rings (SSSR count). The Morgan fingerprint density at radius 2 is 1.94 bits per heavy atom. The van der Waals surface area contributed by atoms with E-state index in [4.69, 9.17) is 0 Å². The highest BCUT2D eigenvalue weighted by Gasteiger charge is 2.33. The van der Waals surface area contributed by atoms with Gasteiger partial charge in [-0.1, -0.05) is 0 Å². The van der Waals surface area contributed by atoms with Crippen LogP contribution in [0.2, 0.25) is 0 Å². The van der Waals surface area contributed by atoms with Gasteiger partial charge in [-0.2, -0.15) is 0 Å². The summed E-state index contributed by atoms with van der Waals surface area (Å²) in [5, 5.41) is 10.3. The van der Waals surface area contributed by atoms with E-state index in [1.807, 2.05) is 0 Å². The minimum Gasteiger partial charge on any atom is -0.403 e. The van der Waals surface area contributed by atoms with Crippen LogP contribution in [0.1, 0.15) is 0 Å². The van der Waals surface area contributed by atoms with Crippen molar-refractivity contribution in [2.45, 2.75) is 6.36 Å². The molecule has 0 heterocycles. The highest BCUT2D eigenvalue weighted by atomic mass is 79.9. The monoisotopic (exact) mass is 303 g/mol. The Bertz CT molecular complexity index is 434. The average molecular weight is 304 g/mol. The zero-order valence-electron chi connectivity index (χ0n) is 7.22. The molecule has 9 heteroatoms. The third-order valence-corrected chi connectivity index (χ3v) is 2.06. The van der Waals surface area contributed by atoms with Crippen molar-refractivity contribution in [2.75, 3.05) is 0 Å². The fourth-order valence-electron chi connectivity index (χ4n) is 0.861. The van der Waals surface area contributed by atoms with E-state index in [0.717, 1.165) is 0 Å². The van der Waals surface area contributed by atoms with E-state index in [1.165, 1.54) is 0 Å². The van der Waals surface area contributed by atoms with E-state index < -0.39 is 28.5 Å². The Morgan fingerprint density at radius 3 is 2.38 bits per heavy atom. The molecular formula is C7H2BrF4NO3. The smallest absolute Gasteiger partial charge is 0.403 e. The first-order valence-corrected chi connectivity index (χ1v) is 4.39. The second-order valence-electron chi connectivity index (χ2n) is 2.54. The molecule has 0 bridgehead atoms. The van der Waals surface area contributed by atoms with Crippen LogP contribution in [0.15, 0.2) is 16.6 Å². The fraction of sp³-hybridized carbons (Fsp3) is 0.143. The van der Waals surface area contributed by atoms with Crippen molar-refractivity contribution in [3.05, 3.63) is 32.5 Å². The number of benzene rings is 1. The fourth-order valence-corrected chi connectivity index (χ4v) is 1.33. The van der Waals surface area contributed by atoms with Crippen LogP contribution in [-0.4, -0.2) is 11.3 Å². The van der Waals surface area contributed by atoms with Crippen LogP contribution in [0.25, 0.3) is 0 Å². The molecule has 0 amide bonds. The van der Waals surface area contributed by atoms with Crippen molar-refractivity contribution in [1.82, 2.24) is 0 Å². The molecule has 0 fully saturated rings. The Hall–Kier alpha value is -1.38. The summed E-state index contributed by atoms with van der Waals surface area (Å²) < 4.78 is 51.3. The van der Waals surface area contributed by atoms with Gasteiger partial charge in [0.25, 0.3) is 5.69 Å². The summed E-state index contributed by atoms with van der Waals surface area (Å²) in [5.41, 5.74) is -0.688. The maximum absolute atomic E-state index is 13.0. The summed E-state index contributed by atoms with van der Waals surface area (Å²) in [5.74, 6) is -2.60. The second-order valence-corrected chi connectivity index (χ2v) is 3.39. The molecular weight excluding hydrogens is 302 g/mol. The molecule has 0 aliphatic rings. The zero-order chi connectivity index (χ0) is 12.5. The molecule has 16 heavy (non-hydrogen) atoms. The van der Waals surface area contributed by atoms with Crippen LogP contribution >= 0.6 is 15.9 Å². The molecule has 0 saturated carbocycles. The van der Waals surface area contributed by atoms with E-state index >= 15 is 0 Å². The Labute approximate surface area is 94.1 Å². The van der Waals surface area contributed by atoms with Gasteiger partial charge in [0.1, 0.15) is 0 Å². The number of hydrogen-bond acceptors (Lipinski definition) is 3. The molecule has 0 spiro atoms. The summed E-state index contributed by atoms with van der Waals surface area (Å²) in [6, 6.07) is 0.881. The number of rotatable bonds is 2. The lowest BCUT2D eigenvalue weighted by Gasteiger charge is -2.09. The van der Waals surface area contributed by atoms with Crippen LogP contribution in [0.5, 0.6) is 5.75 Å². The number of alkyl halides is 3. The number of nitro benzene ring substituents is 1. The van der Waals surface area contributed by atoms with Gasteiger partial charge < -0.3 is 4.74 Å². The van der Waals surface area contributed by atoms with Gasteiger partial charge in [-0.25, -0.2) is 4.39 Å². The van der Waals surface area contributed by atoms with E-state index in [-0.39, 0.29) is 4.47 Å². The lowest BCUT2D eigenvalue weighted by molar-refractivity contribution is -0.385. The number of nitrogens with zero attached hydrogens (tertiary/aromatic N) is 1. The zero-order valence-corrected chi connectivity index (χ0v) is 8.80. The molecule has 0 atom stereocenters. The predicted octanol–water partition coefficient (Wildman–Crippen LogP) is 3.40. The first-order valence-electron chi connectivity index (χ1n) is 3.60. The van der Waals surface area contributed by atoms with Crippen molar-refractivity contribution in [3.63, 3.8) is 0 Å². The van der Waals surface area contributed by atoms with E-state index in [0.29, 0.717) is 12.1 Å². The normalized spacial score (nSPS) is 11.3. The highest BCUT2D eigenvalue weighted by Crippen LogP contribution is 2.34. The molecule has 0 unspecified atom stereocenters. The largest absolute Gasteiger partial charge is 0.573 e. The van der Waals surface area contributed by atoms with Gasteiger partial charge in [0.15, 0.2) is 11.6 Å². The van der Waals surface area contributed by atoms with Crippen LogP contribution < -0.4 is 4.74 Å². The summed E-state index contributed by atoms with van der Waals surface area (Å²) in [7, 11) is 0. The minimum atomic E-state index is -5.06. The Morgan fingerprint density at radius 1 is 1.38 bits per heavy atom. The van der Waals surface area contributed by atoms with E-state index in [2.05, 4.69) is 20.7 Å². The van der Waals surface area contributed by atoms with Gasteiger partial charge in [0.05, 0.1) is 15.5 Å². The topological polar surface area (TPSA) is 52.4 Å². The summed E-state index contributed by atoms with van der Waals surface area (Å²) in [4.78, 5) is 9.38. The first kappa shape index (κ1) is 12.7. The van der Waals surface area contributed by atoms with Gasteiger partial charge in [0, 0.05) is 6.07 Å². The standard InChI is InChI=1S/C7H2BrF4NO3/c8-3-1-6(16-7(10,11)12)4(9)2-5(3)13(14)15/h1-2H. The molecule has 88 valence electrons. The van der Waals surface area contributed by atoms with Crippen molar-refractivity contribution < 1.29 is 27.2 Å². The lowest BCUT2D eigenvalue weighted by atomic mass is 10.3. The van der Waals surface area contributed by atoms with Crippen LogP contribution in [0.3, 0.4) is 0 Å². The minimum absolute atomic E-state index is 0.307. The van der Waals surface area contributed by atoms with Crippen molar-refractivity contribution in [1.29, 1.82) is 0 Å². The van der Waals surface area contributed by atoms with Crippen LogP contribution in [0.4, 0.5) is 23.2 Å². The molecule has 0 aliphatic carbocycles. The molecule has 0 radical (unpaired) electrons. The molecule has 1 aromatic carbocycles. The molecule has 1 aromatic rings. The highest BCUT2D eigenvalue weighted by molar-refractivity contribution is 9.10. The molecule has 0 aromatic heterocycles. The van der Waals surface area contributed by atoms with Crippen LogP contribution in [-0.2, 0) is 0 Å². The van der Waals surface area contributed by atoms with Crippen molar-refractivity contribution in [3.8, 4) is 5.75 Å². The third-order valence-electron chi connectivity index (χ3n) is 1.42. The summed E-state index contributed by atoms with van der Waals surface area (Å²) in [6.45, 7) is 0. The van der Waals surface area contributed by atoms with Gasteiger partial charge in [-0.15, -0.1) is 13.2 Å². The van der Waals surface area contributed by atoms with Gasteiger partial charge in [-0.3, -0.25) is 10.1 Å². The van der Waals surface area contributed by atoms with E-state index in [9.17, 15) is 27.7 Å². The molecule has 0 N–H and O–H groups in total. The maximum Gasteiger partial charge on any atom is 0.573 e. The lowest BCUT2D eigenvalue weighted by Crippen LogP contribution is -2.18. The number of hydrogen-bond donors (Lipinski definition) is 0. The van der Waals surface area contributed by atoms with Crippen molar-refractivity contribution in [2.24, 2.45) is 0 Å². The predicted molar refractivity (Wildman–Crippen MR) is 47.4 cm³/mol.